The molecule has 0 unspecified atom stereocenters. The number of isocyanates is 1. The van der Waals surface area contributed by atoms with Crippen molar-refractivity contribution in [1.29, 1.82) is 0 Å². The second-order valence-corrected chi connectivity index (χ2v) is 6.83. The van der Waals surface area contributed by atoms with E-state index < -0.39 is 5.54 Å². The average Bonchev–Trinajstić information content (AvgIpc) is 3.00. The van der Waals surface area contributed by atoms with E-state index in [1.165, 1.54) is 29.5 Å². The molecule has 3 nitrogen and oxygen atoms in total. The molecule has 0 spiro atoms. The highest BCUT2D eigenvalue weighted by atomic mass is 35.5. The molecular weight excluding hydrogens is 298 g/mol. The molecule has 1 aromatic rings. The van der Waals surface area contributed by atoms with Crippen LogP contribution in [0, 0.1) is 6.92 Å². The van der Waals surface area contributed by atoms with Crippen LogP contribution in [0.15, 0.2) is 4.99 Å². The second-order valence-electron chi connectivity index (χ2n) is 6.45. The minimum atomic E-state index is -0.493. The predicted molar refractivity (Wildman–Crippen MR) is 87.7 cm³/mol. The third-order valence-electron chi connectivity index (χ3n) is 5.35. The first-order chi connectivity index (χ1) is 10.6. The number of methoxy groups -OCH3 is 1. The van der Waals surface area contributed by atoms with Crippen molar-refractivity contribution in [2.24, 2.45) is 4.99 Å². The fourth-order valence-corrected chi connectivity index (χ4v) is 4.73. The molecule has 0 N–H and O–H groups in total. The number of rotatable bonds is 3. The Morgan fingerprint density at radius 2 is 1.77 bits per heavy atom. The topological polar surface area (TPSA) is 38.7 Å². The van der Waals surface area contributed by atoms with Crippen molar-refractivity contribution in [3.05, 3.63) is 27.3 Å². The first kappa shape index (κ1) is 15.6. The van der Waals surface area contributed by atoms with E-state index in [0.717, 1.165) is 54.9 Å². The van der Waals surface area contributed by atoms with Crippen LogP contribution in [0.2, 0.25) is 5.02 Å². The molecule has 1 aromatic carbocycles. The first-order valence-electron chi connectivity index (χ1n) is 8.12. The lowest BCUT2D eigenvalue weighted by Gasteiger charge is -2.32. The van der Waals surface area contributed by atoms with Gasteiger partial charge in [0.2, 0.25) is 6.08 Å². The van der Waals surface area contributed by atoms with Crippen molar-refractivity contribution < 1.29 is 9.53 Å². The molecule has 2 aliphatic carbocycles. The Balaban J connectivity index is 2.30. The van der Waals surface area contributed by atoms with E-state index in [1.54, 1.807) is 13.2 Å². The summed E-state index contributed by atoms with van der Waals surface area (Å²) in [7, 11) is 1.66. The molecule has 0 radical (unpaired) electrons. The molecule has 0 amide bonds. The minimum absolute atomic E-state index is 0.493. The molecule has 4 heteroatoms. The van der Waals surface area contributed by atoms with Gasteiger partial charge in [-0.15, -0.1) is 0 Å². The molecule has 2 aliphatic rings. The highest BCUT2D eigenvalue weighted by Gasteiger charge is 2.41. The number of fused-ring (bicyclic) bond motifs is 1. The largest absolute Gasteiger partial charge is 0.495 e. The molecule has 22 heavy (non-hydrogen) atoms. The van der Waals surface area contributed by atoms with Crippen molar-refractivity contribution in [3.8, 4) is 5.75 Å². The quantitative estimate of drug-likeness (QED) is 0.601. The minimum Gasteiger partial charge on any atom is -0.495 e. The third kappa shape index (κ3) is 2.28. The van der Waals surface area contributed by atoms with E-state index in [4.69, 9.17) is 16.3 Å². The lowest BCUT2D eigenvalue weighted by Crippen LogP contribution is -2.24. The smallest absolute Gasteiger partial charge is 0.235 e. The number of hydrogen-bond acceptors (Lipinski definition) is 3. The number of aliphatic imine (C=N–C) groups is 1. The van der Waals surface area contributed by atoms with Crippen LogP contribution < -0.4 is 4.74 Å². The van der Waals surface area contributed by atoms with Crippen molar-refractivity contribution in [2.45, 2.75) is 63.8 Å². The van der Waals surface area contributed by atoms with Crippen LogP contribution in [0.3, 0.4) is 0 Å². The van der Waals surface area contributed by atoms with Gasteiger partial charge in [-0.1, -0.05) is 24.4 Å². The van der Waals surface area contributed by atoms with Gasteiger partial charge < -0.3 is 4.74 Å². The zero-order valence-electron chi connectivity index (χ0n) is 13.3. The maximum absolute atomic E-state index is 11.1. The molecule has 0 atom stereocenters. The first-order valence-corrected chi connectivity index (χ1v) is 8.49. The van der Waals surface area contributed by atoms with Gasteiger partial charge in [-0.05, 0) is 62.1 Å². The Morgan fingerprint density at radius 3 is 2.36 bits per heavy atom. The summed E-state index contributed by atoms with van der Waals surface area (Å²) in [5, 5.41) is 0.727. The Labute approximate surface area is 136 Å². The highest BCUT2D eigenvalue weighted by molar-refractivity contribution is 6.33. The predicted octanol–water partition coefficient (Wildman–Crippen LogP) is 4.64. The van der Waals surface area contributed by atoms with E-state index in [-0.39, 0.29) is 0 Å². The average molecular weight is 320 g/mol. The van der Waals surface area contributed by atoms with Crippen LogP contribution in [0.4, 0.5) is 0 Å². The zero-order chi connectivity index (χ0) is 15.7. The van der Waals surface area contributed by atoms with Crippen molar-refractivity contribution in [3.63, 3.8) is 0 Å². The molecule has 0 saturated heterocycles. The van der Waals surface area contributed by atoms with Crippen molar-refractivity contribution >= 4 is 17.7 Å². The summed E-state index contributed by atoms with van der Waals surface area (Å²) >= 11 is 6.68. The molecule has 1 fully saturated rings. The second kappa shape index (κ2) is 6.06. The normalized spacial score (nSPS) is 19.4. The van der Waals surface area contributed by atoms with Gasteiger partial charge in [0.05, 0.1) is 12.1 Å². The molecular formula is C18H22ClNO2. The fraction of sp³-hybridized carbons (Fsp3) is 0.611. The Hall–Kier alpha value is -1.31. The van der Waals surface area contributed by atoms with Crippen LogP contribution in [0.5, 0.6) is 5.75 Å². The van der Waals surface area contributed by atoms with E-state index in [1.807, 2.05) is 0 Å². The monoisotopic (exact) mass is 319 g/mol. The van der Waals surface area contributed by atoms with Gasteiger partial charge in [-0.25, -0.2) is 4.79 Å². The molecule has 0 aromatic heterocycles. The number of halogens is 1. The summed E-state index contributed by atoms with van der Waals surface area (Å²) in [6, 6.07) is 0. The lowest BCUT2D eigenvalue weighted by atomic mass is 9.78. The fourth-order valence-electron chi connectivity index (χ4n) is 4.35. The van der Waals surface area contributed by atoms with E-state index in [2.05, 4.69) is 11.9 Å². The molecule has 0 aliphatic heterocycles. The van der Waals surface area contributed by atoms with Crippen LogP contribution in [-0.2, 0) is 23.2 Å². The number of carbonyl (C=O) groups excluding carboxylic acids is 1. The molecule has 118 valence electrons. The SMILES string of the molecule is COc1c(Cl)c2c(c(C)c1C1(N=C=O)CCCC1)CCCC2. The molecule has 0 heterocycles. The molecule has 0 bridgehead atoms. The standard InChI is InChI=1S/C18H22ClNO2/c1-12-13-7-3-4-8-14(13)16(19)17(22-2)15(12)18(20-11-21)9-5-6-10-18/h3-10H2,1-2H3. The summed E-state index contributed by atoms with van der Waals surface area (Å²) in [5.74, 6) is 0.723. The third-order valence-corrected chi connectivity index (χ3v) is 5.75. The maximum atomic E-state index is 11.1. The van der Waals surface area contributed by atoms with E-state index >= 15 is 0 Å². The van der Waals surface area contributed by atoms with Gasteiger partial charge in [0.25, 0.3) is 0 Å². The lowest BCUT2D eigenvalue weighted by molar-refractivity contribution is 0.376. The van der Waals surface area contributed by atoms with Gasteiger partial charge in [0, 0.05) is 5.56 Å². The van der Waals surface area contributed by atoms with Gasteiger partial charge >= 0.3 is 0 Å². The number of nitrogens with zero attached hydrogens (tertiary/aromatic N) is 1. The van der Waals surface area contributed by atoms with Gasteiger partial charge in [-0.3, -0.25) is 0 Å². The van der Waals surface area contributed by atoms with E-state index in [9.17, 15) is 4.79 Å². The van der Waals surface area contributed by atoms with Crippen molar-refractivity contribution in [2.75, 3.05) is 7.11 Å². The molecule has 1 saturated carbocycles. The van der Waals surface area contributed by atoms with Crippen LogP contribution >= 0.6 is 11.6 Å². The van der Waals surface area contributed by atoms with Gasteiger partial charge in [0.1, 0.15) is 11.3 Å². The summed E-state index contributed by atoms with van der Waals surface area (Å²) < 4.78 is 5.69. The van der Waals surface area contributed by atoms with Crippen LogP contribution in [-0.4, -0.2) is 13.2 Å². The van der Waals surface area contributed by atoms with Gasteiger partial charge in [0.15, 0.2) is 0 Å². The van der Waals surface area contributed by atoms with Gasteiger partial charge in [-0.2, -0.15) is 4.99 Å². The zero-order valence-corrected chi connectivity index (χ0v) is 14.1. The van der Waals surface area contributed by atoms with Crippen molar-refractivity contribution in [1.82, 2.24) is 0 Å². The Morgan fingerprint density at radius 1 is 1.14 bits per heavy atom. The summed E-state index contributed by atoms with van der Waals surface area (Å²) in [4.78, 5) is 15.3. The number of hydrogen-bond donors (Lipinski definition) is 0. The number of benzene rings is 1. The Bertz CT molecular complexity index is 641. The summed E-state index contributed by atoms with van der Waals surface area (Å²) in [6.45, 7) is 2.14. The molecule has 3 rings (SSSR count). The van der Waals surface area contributed by atoms with Crippen LogP contribution in [0.25, 0.3) is 0 Å². The maximum Gasteiger partial charge on any atom is 0.235 e. The summed E-state index contributed by atoms with van der Waals surface area (Å²) in [5.41, 5.74) is 4.33. The highest BCUT2D eigenvalue weighted by Crippen LogP contribution is 2.51. The van der Waals surface area contributed by atoms with Crippen LogP contribution in [0.1, 0.15) is 60.8 Å². The Kier molecular flexibility index (Phi) is 4.29. The van der Waals surface area contributed by atoms with E-state index in [0.29, 0.717) is 0 Å². The number of ether oxygens (including phenoxy) is 1. The summed E-state index contributed by atoms with van der Waals surface area (Å²) in [6.07, 6.45) is 10.1.